The highest BCUT2D eigenvalue weighted by molar-refractivity contribution is 7.11. The fraction of sp³-hybridized carbons (Fsp3) is 0.500. The summed E-state index contributed by atoms with van der Waals surface area (Å²) in [6.45, 7) is 4.40. The molecule has 66 valence electrons. The summed E-state index contributed by atoms with van der Waals surface area (Å²) >= 11 is 1.61. The van der Waals surface area contributed by atoms with E-state index >= 15 is 0 Å². The largest absolute Gasteiger partial charge is 0.351 e. The average molecular weight is 184 g/mol. The van der Waals surface area contributed by atoms with Gasteiger partial charge in [0.25, 0.3) is 0 Å². The number of carbonyl (C=O) groups excluding carboxylic acids is 1. The lowest BCUT2D eigenvalue weighted by atomic mass is 10.4. The summed E-state index contributed by atoms with van der Waals surface area (Å²) in [7, 11) is 0. The van der Waals surface area contributed by atoms with Gasteiger partial charge in [-0.3, -0.25) is 4.79 Å². The van der Waals surface area contributed by atoms with E-state index in [9.17, 15) is 4.79 Å². The van der Waals surface area contributed by atoms with Gasteiger partial charge in [0, 0.05) is 17.5 Å². The Hall–Kier alpha value is -0.900. The average Bonchev–Trinajstić information content (AvgIpc) is 2.47. The third kappa shape index (κ3) is 2.62. The maximum absolute atomic E-state index is 10.9. The fourth-order valence-corrected chi connectivity index (χ4v) is 1.53. The van der Waals surface area contributed by atoms with Crippen LogP contribution in [0.25, 0.3) is 0 Å². The lowest BCUT2D eigenvalue weighted by Crippen LogP contribution is -2.20. The standard InChI is InChI=1S/C8H12N2OS/c1-3-8(11)10-5-7-4-9-6(2)12-7/h4H,3,5H2,1-2H3,(H,10,11). The molecule has 0 radical (unpaired) electrons. The molecule has 0 aliphatic rings. The van der Waals surface area contributed by atoms with Crippen LogP contribution in [0.4, 0.5) is 0 Å². The maximum atomic E-state index is 10.9. The van der Waals surface area contributed by atoms with Crippen LogP contribution in [0.1, 0.15) is 23.2 Å². The van der Waals surface area contributed by atoms with Crippen LogP contribution in [0.2, 0.25) is 0 Å². The van der Waals surface area contributed by atoms with E-state index in [1.165, 1.54) is 0 Å². The Labute approximate surface area is 75.8 Å². The van der Waals surface area contributed by atoms with E-state index in [1.807, 2.05) is 13.8 Å². The van der Waals surface area contributed by atoms with Gasteiger partial charge in [0.15, 0.2) is 0 Å². The summed E-state index contributed by atoms with van der Waals surface area (Å²) in [4.78, 5) is 16.1. The molecular formula is C8H12N2OS. The number of hydrogen-bond acceptors (Lipinski definition) is 3. The van der Waals surface area contributed by atoms with Crippen molar-refractivity contribution in [3.05, 3.63) is 16.1 Å². The van der Waals surface area contributed by atoms with Crippen LogP contribution in [0, 0.1) is 6.92 Å². The van der Waals surface area contributed by atoms with Crippen LogP contribution >= 0.6 is 11.3 Å². The predicted octanol–water partition coefficient (Wildman–Crippen LogP) is 1.48. The molecule has 1 heterocycles. The monoisotopic (exact) mass is 184 g/mol. The molecule has 0 spiro atoms. The molecule has 3 nitrogen and oxygen atoms in total. The molecule has 0 aromatic carbocycles. The topological polar surface area (TPSA) is 42.0 Å². The van der Waals surface area contributed by atoms with Crippen molar-refractivity contribution in [3.63, 3.8) is 0 Å². The van der Waals surface area contributed by atoms with Crippen LogP contribution in [-0.2, 0) is 11.3 Å². The number of rotatable bonds is 3. The predicted molar refractivity (Wildman–Crippen MR) is 49.0 cm³/mol. The number of amides is 1. The molecule has 1 N–H and O–H groups in total. The van der Waals surface area contributed by atoms with Gasteiger partial charge in [-0.05, 0) is 6.92 Å². The van der Waals surface area contributed by atoms with Crippen molar-refractivity contribution < 1.29 is 4.79 Å². The first kappa shape index (κ1) is 9.19. The summed E-state index contributed by atoms with van der Waals surface area (Å²) in [5, 5.41) is 3.83. The number of aryl methyl sites for hydroxylation is 1. The number of aromatic nitrogens is 1. The van der Waals surface area contributed by atoms with Crippen molar-refractivity contribution in [2.45, 2.75) is 26.8 Å². The van der Waals surface area contributed by atoms with Crippen LogP contribution in [0.15, 0.2) is 6.20 Å². The van der Waals surface area contributed by atoms with Crippen LogP contribution < -0.4 is 5.32 Å². The minimum absolute atomic E-state index is 0.0843. The highest BCUT2D eigenvalue weighted by Gasteiger charge is 1.99. The van der Waals surface area contributed by atoms with E-state index in [0.717, 1.165) is 9.88 Å². The quantitative estimate of drug-likeness (QED) is 0.773. The third-order valence-corrected chi connectivity index (χ3v) is 2.36. The highest BCUT2D eigenvalue weighted by Crippen LogP contribution is 2.10. The number of thiazole rings is 1. The number of hydrogen-bond donors (Lipinski definition) is 1. The molecule has 0 aliphatic carbocycles. The van der Waals surface area contributed by atoms with Gasteiger partial charge in [0.2, 0.25) is 5.91 Å². The van der Waals surface area contributed by atoms with E-state index in [-0.39, 0.29) is 5.91 Å². The molecule has 12 heavy (non-hydrogen) atoms. The van der Waals surface area contributed by atoms with Gasteiger partial charge in [-0.15, -0.1) is 11.3 Å². The second-order valence-corrected chi connectivity index (χ2v) is 3.80. The summed E-state index contributed by atoms with van der Waals surface area (Å²) in [6, 6.07) is 0. The summed E-state index contributed by atoms with van der Waals surface area (Å²) in [5.74, 6) is 0.0843. The molecular weight excluding hydrogens is 172 g/mol. The minimum atomic E-state index is 0.0843. The van der Waals surface area contributed by atoms with Gasteiger partial charge >= 0.3 is 0 Å². The zero-order chi connectivity index (χ0) is 8.97. The first-order chi connectivity index (χ1) is 5.72. The molecule has 1 rings (SSSR count). The van der Waals surface area contributed by atoms with Crippen LogP contribution in [-0.4, -0.2) is 10.9 Å². The van der Waals surface area contributed by atoms with Gasteiger partial charge in [-0.1, -0.05) is 6.92 Å². The lowest BCUT2D eigenvalue weighted by molar-refractivity contribution is -0.120. The molecule has 0 saturated carbocycles. The van der Waals surface area contributed by atoms with E-state index in [4.69, 9.17) is 0 Å². The Morgan fingerprint density at radius 2 is 2.50 bits per heavy atom. The number of nitrogens with zero attached hydrogens (tertiary/aromatic N) is 1. The first-order valence-corrected chi connectivity index (χ1v) is 4.72. The molecule has 0 aliphatic heterocycles. The molecule has 0 bridgehead atoms. The summed E-state index contributed by atoms with van der Waals surface area (Å²) in [5.41, 5.74) is 0. The fourth-order valence-electron chi connectivity index (χ4n) is 0.798. The Balaban J connectivity index is 2.38. The smallest absolute Gasteiger partial charge is 0.220 e. The number of carbonyl (C=O) groups is 1. The van der Waals surface area contributed by atoms with Crippen molar-refractivity contribution in [2.24, 2.45) is 0 Å². The molecule has 1 aromatic rings. The second-order valence-electron chi connectivity index (χ2n) is 2.48. The highest BCUT2D eigenvalue weighted by atomic mass is 32.1. The molecule has 4 heteroatoms. The Morgan fingerprint density at radius 1 is 1.75 bits per heavy atom. The van der Waals surface area contributed by atoms with E-state index in [2.05, 4.69) is 10.3 Å². The molecule has 1 amide bonds. The van der Waals surface area contributed by atoms with Crippen LogP contribution in [0.5, 0.6) is 0 Å². The molecule has 1 aromatic heterocycles. The lowest BCUT2D eigenvalue weighted by Gasteiger charge is -1.98. The first-order valence-electron chi connectivity index (χ1n) is 3.90. The van der Waals surface area contributed by atoms with Crippen molar-refractivity contribution in [1.29, 1.82) is 0 Å². The Bertz CT molecular complexity index is 270. The molecule has 0 atom stereocenters. The second kappa shape index (κ2) is 4.21. The van der Waals surface area contributed by atoms with Crippen molar-refractivity contribution in [3.8, 4) is 0 Å². The molecule has 0 saturated heterocycles. The van der Waals surface area contributed by atoms with Gasteiger partial charge < -0.3 is 5.32 Å². The van der Waals surface area contributed by atoms with Gasteiger partial charge in [-0.2, -0.15) is 0 Å². The van der Waals surface area contributed by atoms with E-state index < -0.39 is 0 Å². The van der Waals surface area contributed by atoms with Crippen molar-refractivity contribution in [2.75, 3.05) is 0 Å². The van der Waals surface area contributed by atoms with Crippen LogP contribution in [0.3, 0.4) is 0 Å². The van der Waals surface area contributed by atoms with Gasteiger partial charge in [0.05, 0.1) is 11.6 Å². The van der Waals surface area contributed by atoms with E-state index in [0.29, 0.717) is 13.0 Å². The van der Waals surface area contributed by atoms with Gasteiger partial charge in [-0.25, -0.2) is 4.98 Å². The zero-order valence-corrected chi connectivity index (χ0v) is 8.07. The molecule has 0 fully saturated rings. The Morgan fingerprint density at radius 3 is 3.00 bits per heavy atom. The van der Waals surface area contributed by atoms with Crippen molar-refractivity contribution >= 4 is 17.2 Å². The normalized spacial score (nSPS) is 9.83. The summed E-state index contributed by atoms with van der Waals surface area (Å²) in [6.07, 6.45) is 2.34. The third-order valence-electron chi connectivity index (χ3n) is 1.45. The van der Waals surface area contributed by atoms with Crippen molar-refractivity contribution in [1.82, 2.24) is 10.3 Å². The number of nitrogens with one attached hydrogen (secondary N) is 1. The minimum Gasteiger partial charge on any atom is -0.351 e. The van der Waals surface area contributed by atoms with E-state index in [1.54, 1.807) is 17.5 Å². The maximum Gasteiger partial charge on any atom is 0.220 e. The Kier molecular flexibility index (Phi) is 3.22. The SMILES string of the molecule is CCC(=O)NCc1cnc(C)s1. The molecule has 0 unspecified atom stereocenters. The zero-order valence-electron chi connectivity index (χ0n) is 7.26. The summed E-state index contributed by atoms with van der Waals surface area (Å²) < 4.78 is 0. The van der Waals surface area contributed by atoms with Gasteiger partial charge in [0.1, 0.15) is 0 Å².